The van der Waals surface area contributed by atoms with Crippen LogP contribution in [0.15, 0.2) is 29.8 Å². The van der Waals surface area contributed by atoms with Crippen molar-refractivity contribution in [3.8, 4) is 0 Å². The molecule has 2 atom stereocenters. The Bertz CT molecular complexity index is 776. The van der Waals surface area contributed by atoms with Crippen molar-refractivity contribution < 1.29 is 9.59 Å². The fourth-order valence-corrected chi connectivity index (χ4v) is 4.28. The summed E-state index contributed by atoms with van der Waals surface area (Å²) >= 11 is 1.60. The van der Waals surface area contributed by atoms with Gasteiger partial charge < -0.3 is 9.80 Å². The van der Waals surface area contributed by atoms with Crippen LogP contribution in [0.5, 0.6) is 0 Å². The normalized spacial score (nSPS) is 23.0. The Morgan fingerprint density at radius 2 is 2.25 bits per heavy atom. The third kappa shape index (κ3) is 2.58. The highest BCUT2D eigenvalue weighted by atomic mass is 32.1. The van der Waals surface area contributed by atoms with Crippen molar-refractivity contribution in [1.29, 1.82) is 0 Å². The van der Waals surface area contributed by atoms with Gasteiger partial charge in [-0.1, -0.05) is 6.07 Å². The maximum Gasteiger partial charge on any atom is 0.272 e. The van der Waals surface area contributed by atoms with Crippen molar-refractivity contribution in [2.45, 2.75) is 38.4 Å². The molecule has 0 radical (unpaired) electrons. The van der Waals surface area contributed by atoms with Crippen molar-refractivity contribution in [3.05, 3.63) is 46.2 Å². The Labute approximate surface area is 144 Å². The van der Waals surface area contributed by atoms with Crippen LogP contribution in [0.1, 0.15) is 34.0 Å². The summed E-state index contributed by atoms with van der Waals surface area (Å²) in [4.78, 5) is 37.5. The Morgan fingerprint density at radius 1 is 1.38 bits per heavy atom. The van der Waals surface area contributed by atoms with E-state index in [0.29, 0.717) is 25.2 Å². The number of aryl methyl sites for hydroxylation is 1. The lowest BCUT2D eigenvalue weighted by Gasteiger charge is -2.24. The number of fused-ring (bicyclic) bond motifs is 1. The van der Waals surface area contributed by atoms with Crippen LogP contribution in [0.25, 0.3) is 0 Å². The van der Waals surface area contributed by atoms with E-state index in [1.165, 1.54) is 0 Å². The van der Waals surface area contributed by atoms with Crippen LogP contribution in [-0.4, -0.2) is 50.2 Å². The molecule has 6 nitrogen and oxygen atoms in total. The Balaban J connectivity index is 1.52. The second kappa shape index (κ2) is 5.98. The topological polar surface area (TPSA) is 66.4 Å². The first-order chi connectivity index (χ1) is 11.6. The van der Waals surface area contributed by atoms with Crippen molar-refractivity contribution in [1.82, 2.24) is 19.8 Å². The van der Waals surface area contributed by atoms with Gasteiger partial charge in [-0.15, -0.1) is 11.3 Å². The van der Waals surface area contributed by atoms with E-state index in [0.717, 1.165) is 17.1 Å². The predicted octanol–water partition coefficient (Wildman–Crippen LogP) is 1.86. The zero-order chi connectivity index (χ0) is 16.7. The minimum atomic E-state index is -0.0812. The molecule has 2 aromatic heterocycles. The number of likely N-dealkylation sites (tertiary alicyclic amines) is 2. The van der Waals surface area contributed by atoms with Crippen LogP contribution in [0.3, 0.4) is 0 Å². The molecule has 124 valence electrons. The zero-order valence-electron chi connectivity index (χ0n) is 13.4. The molecular formula is C17H18N4O2S. The summed E-state index contributed by atoms with van der Waals surface area (Å²) in [5, 5.41) is 3.01. The van der Waals surface area contributed by atoms with Crippen LogP contribution in [0, 0.1) is 6.92 Å². The van der Waals surface area contributed by atoms with Gasteiger partial charge in [0.2, 0.25) is 5.91 Å². The van der Waals surface area contributed by atoms with Gasteiger partial charge >= 0.3 is 0 Å². The molecule has 0 saturated carbocycles. The second-order valence-corrected chi connectivity index (χ2v) is 7.28. The van der Waals surface area contributed by atoms with E-state index >= 15 is 0 Å². The molecule has 0 N–H and O–H groups in total. The quantitative estimate of drug-likeness (QED) is 0.854. The minimum Gasteiger partial charge on any atom is -0.332 e. The third-order valence-corrected chi connectivity index (χ3v) is 5.58. The highest BCUT2D eigenvalue weighted by Crippen LogP contribution is 2.34. The second-order valence-electron chi connectivity index (χ2n) is 6.22. The van der Waals surface area contributed by atoms with Crippen molar-refractivity contribution >= 4 is 23.2 Å². The predicted molar refractivity (Wildman–Crippen MR) is 89.5 cm³/mol. The summed E-state index contributed by atoms with van der Waals surface area (Å²) in [6.07, 6.45) is 2.84. The Hall–Kier alpha value is -2.28. The first-order valence-corrected chi connectivity index (χ1v) is 8.94. The lowest BCUT2D eigenvalue weighted by Crippen LogP contribution is -2.40. The molecule has 2 aliphatic heterocycles. The lowest BCUT2D eigenvalue weighted by atomic mass is 10.1. The fraction of sp³-hybridized carbons (Fsp3) is 0.412. The zero-order valence-corrected chi connectivity index (χ0v) is 14.2. The summed E-state index contributed by atoms with van der Waals surface area (Å²) in [5.41, 5.74) is 1.38. The highest BCUT2D eigenvalue weighted by Gasteiger charge is 2.48. The smallest absolute Gasteiger partial charge is 0.272 e. The SMILES string of the molecule is Cc1nc(CN2C(=O)C[C@H]3[C@H]2CCN3C(=O)c2ccccn2)cs1. The summed E-state index contributed by atoms with van der Waals surface area (Å²) in [7, 11) is 0. The van der Waals surface area contributed by atoms with E-state index in [4.69, 9.17) is 0 Å². The molecule has 0 aliphatic carbocycles. The number of rotatable bonds is 3. The molecule has 4 rings (SSSR count). The van der Waals surface area contributed by atoms with Gasteiger partial charge in [0.05, 0.1) is 29.3 Å². The molecule has 24 heavy (non-hydrogen) atoms. The number of pyridine rings is 1. The van der Waals surface area contributed by atoms with E-state index in [1.807, 2.05) is 28.2 Å². The largest absolute Gasteiger partial charge is 0.332 e. The number of hydrogen-bond donors (Lipinski definition) is 0. The van der Waals surface area contributed by atoms with Gasteiger partial charge in [0.1, 0.15) is 5.69 Å². The number of carbonyl (C=O) groups excluding carboxylic acids is 2. The first kappa shape index (κ1) is 15.3. The molecule has 2 aliphatic rings. The van der Waals surface area contributed by atoms with Gasteiger partial charge in [-0.05, 0) is 25.5 Å². The summed E-state index contributed by atoms with van der Waals surface area (Å²) in [5.74, 6) is 0.0245. The van der Waals surface area contributed by atoms with Gasteiger partial charge in [0, 0.05) is 24.5 Å². The number of nitrogens with zero attached hydrogens (tertiary/aromatic N) is 4. The Kier molecular flexibility index (Phi) is 3.80. The van der Waals surface area contributed by atoms with Gasteiger partial charge in [0.25, 0.3) is 5.91 Å². The monoisotopic (exact) mass is 342 g/mol. The number of amides is 2. The summed E-state index contributed by atoms with van der Waals surface area (Å²) in [6.45, 7) is 3.17. The lowest BCUT2D eigenvalue weighted by molar-refractivity contribution is -0.129. The number of carbonyl (C=O) groups is 2. The molecule has 0 spiro atoms. The number of aromatic nitrogens is 2. The van der Waals surface area contributed by atoms with Gasteiger partial charge in [-0.25, -0.2) is 4.98 Å². The highest BCUT2D eigenvalue weighted by molar-refractivity contribution is 7.09. The van der Waals surface area contributed by atoms with E-state index in [2.05, 4.69) is 9.97 Å². The van der Waals surface area contributed by atoms with E-state index in [1.54, 1.807) is 29.7 Å². The van der Waals surface area contributed by atoms with Crippen LogP contribution >= 0.6 is 11.3 Å². The average Bonchev–Trinajstić information content (AvgIpc) is 3.26. The molecule has 2 fully saturated rings. The van der Waals surface area contributed by atoms with Gasteiger partial charge in [-0.3, -0.25) is 14.6 Å². The van der Waals surface area contributed by atoms with Crippen LogP contribution in [0.4, 0.5) is 0 Å². The molecule has 0 bridgehead atoms. The van der Waals surface area contributed by atoms with Crippen molar-refractivity contribution in [2.75, 3.05) is 6.54 Å². The molecule has 7 heteroatoms. The van der Waals surface area contributed by atoms with Crippen LogP contribution < -0.4 is 0 Å². The van der Waals surface area contributed by atoms with Crippen LogP contribution in [0.2, 0.25) is 0 Å². The molecular weight excluding hydrogens is 324 g/mol. The van der Waals surface area contributed by atoms with Gasteiger partial charge in [0.15, 0.2) is 0 Å². The summed E-state index contributed by atoms with van der Waals surface area (Å²) in [6, 6.07) is 5.37. The number of hydrogen-bond acceptors (Lipinski definition) is 5. The van der Waals surface area contributed by atoms with Crippen molar-refractivity contribution in [3.63, 3.8) is 0 Å². The Morgan fingerprint density at radius 3 is 2.96 bits per heavy atom. The molecule has 2 amide bonds. The third-order valence-electron chi connectivity index (χ3n) is 4.76. The molecule has 4 heterocycles. The van der Waals surface area contributed by atoms with Crippen LogP contribution in [-0.2, 0) is 11.3 Å². The maximum atomic E-state index is 12.7. The standard InChI is InChI=1S/C17H18N4O2S/c1-11-19-12(10-24-11)9-21-14-5-7-20(15(14)8-16(21)22)17(23)13-4-2-3-6-18-13/h2-4,6,10,14-15H,5,7-9H2,1H3/t14-,15+/m1/s1. The fourth-order valence-electron chi connectivity index (χ4n) is 3.68. The minimum absolute atomic E-state index is 0.0493. The molecule has 2 aromatic rings. The maximum absolute atomic E-state index is 12.7. The van der Waals surface area contributed by atoms with E-state index < -0.39 is 0 Å². The van der Waals surface area contributed by atoms with E-state index in [-0.39, 0.29) is 23.9 Å². The van der Waals surface area contributed by atoms with Crippen molar-refractivity contribution in [2.24, 2.45) is 0 Å². The summed E-state index contributed by atoms with van der Waals surface area (Å²) < 4.78 is 0. The molecule has 2 saturated heterocycles. The average molecular weight is 342 g/mol. The first-order valence-electron chi connectivity index (χ1n) is 8.06. The number of thiazole rings is 1. The van der Waals surface area contributed by atoms with Gasteiger partial charge in [-0.2, -0.15) is 0 Å². The van der Waals surface area contributed by atoms with E-state index in [9.17, 15) is 9.59 Å². The molecule has 0 aromatic carbocycles. The molecule has 0 unspecified atom stereocenters.